The third-order valence-corrected chi connectivity index (χ3v) is 4.67. The molecular formula is C15H20FN3. The van der Waals surface area contributed by atoms with E-state index in [2.05, 4.69) is 16.8 Å². The van der Waals surface area contributed by atoms with Gasteiger partial charge in [-0.3, -0.25) is 4.99 Å². The molecule has 102 valence electrons. The first-order chi connectivity index (χ1) is 9.13. The molecule has 1 saturated carbocycles. The van der Waals surface area contributed by atoms with Gasteiger partial charge in [-0.2, -0.15) is 0 Å². The minimum Gasteiger partial charge on any atom is -0.369 e. The Labute approximate surface area is 113 Å². The highest BCUT2D eigenvalue weighted by Crippen LogP contribution is 2.43. The minimum absolute atomic E-state index is 0.0455. The summed E-state index contributed by atoms with van der Waals surface area (Å²) in [4.78, 5) is 6.52. The third kappa shape index (κ3) is 1.90. The predicted molar refractivity (Wildman–Crippen MR) is 75.7 cm³/mol. The lowest BCUT2D eigenvalue weighted by atomic mass is 9.73. The fourth-order valence-corrected chi connectivity index (χ4v) is 3.56. The average Bonchev–Trinajstić information content (AvgIpc) is 2.71. The summed E-state index contributed by atoms with van der Waals surface area (Å²) in [7, 11) is 0. The molecule has 0 saturated heterocycles. The molecule has 0 aromatic heterocycles. The maximum absolute atomic E-state index is 13.5. The number of halogens is 1. The Kier molecular flexibility index (Phi) is 2.96. The van der Waals surface area contributed by atoms with Crippen molar-refractivity contribution < 1.29 is 4.39 Å². The molecule has 1 aliphatic heterocycles. The lowest BCUT2D eigenvalue weighted by Crippen LogP contribution is -2.57. The zero-order chi connectivity index (χ0) is 13.5. The molecule has 1 aromatic carbocycles. The van der Waals surface area contributed by atoms with Crippen LogP contribution < -0.4 is 10.6 Å². The maximum Gasteiger partial charge on any atom is 0.196 e. The Morgan fingerprint density at radius 1 is 1.42 bits per heavy atom. The molecule has 19 heavy (non-hydrogen) atoms. The van der Waals surface area contributed by atoms with E-state index in [1.807, 2.05) is 6.07 Å². The van der Waals surface area contributed by atoms with Gasteiger partial charge in [0.15, 0.2) is 5.96 Å². The van der Waals surface area contributed by atoms with Crippen molar-refractivity contribution in [3.05, 3.63) is 30.1 Å². The summed E-state index contributed by atoms with van der Waals surface area (Å²) in [6, 6.07) is 6.66. The van der Waals surface area contributed by atoms with E-state index in [0.29, 0.717) is 11.9 Å². The normalized spacial score (nSPS) is 30.7. The minimum atomic E-state index is -0.226. The van der Waals surface area contributed by atoms with Crippen LogP contribution in [0.15, 0.2) is 29.3 Å². The summed E-state index contributed by atoms with van der Waals surface area (Å²) in [5.74, 6) is 0.824. The number of nitrogens with zero attached hydrogens (tertiary/aromatic N) is 2. The quantitative estimate of drug-likeness (QED) is 0.844. The van der Waals surface area contributed by atoms with Crippen LogP contribution in [-0.2, 0) is 0 Å². The number of guanidine groups is 1. The van der Waals surface area contributed by atoms with E-state index in [1.165, 1.54) is 25.3 Å². The molecule has 0 amide bonds. The van der Waals surface area contributed by atoms with E-state index in [0.717, 1.165) is 18.7 Å². The van der Waals surface area contributed by atoms with E-state index < -0.39 is 0 Å². The van der Waals surface area contributed by atoms with Crippen molar-refractivity contribution >= 4 is 11.6 Å². The summed E-state index contributed by atoms with van der Waals surface area (Å²) in [5, 5.41) is 0. The summed E-state index contributed by atoms with van der Waals surface area (Å²) in [6.07, 6.45) is 4.72. The van der Waals surface area contributed by atoms with Gasteiger partial charge in [0.25, 0.3) is 0 Å². The standard InChI is InChI=1S/C15H20FN3/c1-11-5-2-3-8-15(11)10-18-14(17)19(15)13-7-4-6-12(16)9-13/h4,6-7,9,11H,2-3,5,8,10H2,1H3,(H2,17,18). The molecule has 1 aliphatic carbocycles. The van der Waals surface area contributed by atoms with Gasteiger partial charge in [-0.15, -0.1) is 0 Å². The van der Waals surface area contributed by atoms with Crippen molar-refractivity contribution in [3.63, 3.8) is 0 Å². The van der Waals surface area contributed by atoms with Gasteiger partial charge in [-0.05, 0) is 37.0 Å². The molecule has 4 heteroatoms. The number of benzene rings is 1. The summed E-state index contributed by atoms with van der Waals surface area (Å²) in [6.45, 7) is 3.00. The van der Waals surface area contributed by atoms with Crippen LogP contribution >= 0.6 is 0 Å². The summed E-state index contributed by atoms with van der Waals surface area (Å²) >= 11 is 0. The highest BCUT2D eigenvalue weighted by Gasteiger charge is 2.48. The predicted octanol–water partition coefficient (Wildman–Crippen LogP) is 2.91. The second kappa shape index (κ2) is 4.51. The van der Waals surface area contributed by atoms with Crippen LogP contribution in [0.5, 0.6) is 0 Å². The Hall–Kier alpha value is -1.58. The fraction of sp³-hybridized carbons (Fsp3) is 0.533. The SMILES string of the molecule is CC1CCCCC12CN=C(N)N2c1cccc(F)c1. The highest BCUT2D eigenvalue weighted by molar-refractivity contribution is 5.98. The van der Waals surface area contributed by atoms with Gasteiger partial charge in [-0.25, -0.2) is 4.39 Å². The van der Waals surface area contributed by atoms with Gasteiger partial charge in [0.2, 0.25) is 0 Å². The molecule has 1 spiro atoms. The molecule has 3 rings (SSSR count). The van der Waals surface area contributed by atoms with Crippen molar-refractivity contribution in [2.24, 2.45) is 16.6 Å². The molecular weight excluding hydrogens is 241 g/mol. The number of hydrogen-bond acceptors (Lipinski definition) is 3. The number of rotatable bonds is 1. The van der Waals surface area contributed by atoms with Crippen LogP contribution in [0.1, 0.15) is 32.6 Å². The third-order valence-electron chi connectivity index (χ3n) is 4.67. The smallest absolute Gasteiger partial charge is 0.196 e. The molecule has 0 bridgehead atoms. The Morgan fingerprint density at radius 2 is 2.26 bits per heavy atom. The zero-order valence-corrected chi connectivity index (χ0v) is 11.3. The molecule has 0 radical (unpaired) electrons. The van der Waals surface area contributed by atoms with Crippen LogP contribution in [-0.4, -0.2) is 18.0 Å². The van der Waals surface area contributed by atoms with Crippen LogP contribution in [0.3, 0.4) is 0 Å². The molecule has 1 aromatic rings. The molecule has 2 aliphatic rings. The maximum atomic E-state index is 13.5. The first-order valence-corrected chi connectivity index (χ1v) is 6.99. The van der Waals surface area contributed by atoms with Crippen molar-refractivity contribution in [2.75, 3.05) is 11.4 Å². The van der Waals surface area contributed by atoms with Crippen molar-refractivity contribution in [1.82, 2.24) is 0 Å². The number of hydrogen-bond donors (Lipinski definition) is 1. The van der Waals surface area contributed by atoms with E-state index >= 15 is 0 Å². The first kappa shape index (κ1) is 12.5. The van der Waals surface area contributed by atoms with Crippen LogP contribution in [0.2, 0.25) is 0 Å². The highest BCUT2D eigenvalue weighted by atomic mass is 19.1. The van der Waals surface area contributed by atoms with Gasteiger partial charge in [0, 0.05) is 5.69 Å². The van der Waals surface area contributed by atoms with Gasteiger partial charge in [0.1, 0.15) is 5.82 Å². The second-order valence-corrected chi connectivity index (χ2v) is 5.74. The molecule has 3 nitrogen and oxygen atoms in total. The van der Waals surface area contributed by atoms with E-state index in [1.54, 1.807) is 12.1 Å². The molecule has 1 heterocycles. The largest absolute Gasteiger partial charge is 0.369 e. The van der Waals surface area contributed by atoms with Crippen molar-refractivity contribution in [1.29, 1.82) is 0 Å². The fourth-order valence-electron chi connectivity index (χ4n) is 3.56. The Balaban J connectivity index is 2.03. The Morgan fingerprint density at radius 3 is 3.00 bits per heavy atom. The first-order valence-electron chi connectivity index (χ1n) is 6.99. The number of aliphatic imine (C=N–C) groups is 1. The van der Waals surface area contributed by atoms with Gasteiger partial charge < -0.3 is 10.6 Å². The van der Waals surface area contributed by atoms with Crippen LogP contribution in [0.25, 0.3) is 0 Å². The Bertz CT molecular complexity index is 514. The van der Waals surface area contributed by atoms with Crippen molar-refractivity contribution in [3.8, 4) is 0 Å². The zero-order valence-electron chi connectivity index (χ0n) is 11.3. The number of nitrogens with two attached hydrogens (primary N) is 1. The topological polar surface area (TPSA) is 41.6 Å². The van der Waals surface area contributed by atoms with E-state index in [4.69, 9.17) is 5.73 Å². The second-order valence-electron chi connectivity index (χ2n) is 5.74. The van der Waals surface area contributed by atoms with Crippen molar-refractivity contribution in [2.45, 2.75) is 38.1 Å². The molecule has 2 N–H and O–H groups in total. The van der Waals surface area contributed by atoms with Gasteiger partial charge in [-0.1, -0.05) is 25.8 Å². The van der Waals surface area contributed by atoms with Gasteiger partial charge in [0.05, 0.1) is 12.1 Å². The molecule has 2 unspecified atom stereocenters. The monoisotopic (exact) mass is 261 g/mol. The van der Waals surface area contributed by atoms with Gasteiger partial charge >= 0.3 is 0 Å². The van der Waals surface area contributed by atoms with Crippen LogP contribution in [0, 0.1) is 11.7 Å². The molecule has 2 atom stereocenters. The van der Waals surface area contributed by atoms with E-state index in [-0.39, 0.29) is 11.4 Å². The molecule has 1 fully saturated rings. The summed E-state index contributed by atoms with van der Waals surface area (Å²) < 4.78 is 13.5. The average molecular weight is 261 g/mol. The lowest BCUT2D eigenvalue weighted by molar-refractivity contribution is 0.224. The number of anilines is 1. The van der Waals surface area contributed by atoms with E-state index in [9.17, 15) is 4.39 Å². The summed E-state index contributed by atoms with van der Waals surface area (Å²) in [5.41, 5.74) is 6.86. The van der Waals surface area contributed by atoms with Crippen LogP contribution in [0.4, 0.5) is 10.1 Å². The lowest BCUT2D eigenvalue weighted by Gasteiger charge is -2.46.